The highest BCUT2D eigenvalue weighted by Gasteiger charge is 2.31. The van der Waals surface area contributed by atoms with Crippen molar-refractivity contribution >= 4 is 17.0 Å². The molecule has 0 saturated carbocycles. The molecule has 1 N–H and O–H groups in total. The van der Waals surface area contributed by atoms with Crippen LogP contribution in [0.3, 0.4) is 0 Å². The first-order chi connectivity index (χ1) is 9.41. The lowest BCUT2D eigenvalue weighted by atomic mass is 10.1. The predicted molar refractivity (Wildman–Crippen MR) is 72.5 cm³/mol. The summed E-state index contributed by atoms with van der Waals surface area (Å²) in [5, 5.41) is 15.9. The Kier molecular flexibility index (Phi) is 4.00. The summed E-state index contributed by atoms with van der Waals surface area (Å²) in [5.41, 5.74) is 1.77. The molecule has 0 unspecified atom stereocenters. The summed E-state index contributed by atoms with van der Waals surface area (Å²) in [6.07, 6.45) is -4.44. The van der Waals surface area contributed by atoms with Crippen LogP contribution in [0.15, 0.2) is 29.0 Å². The Labute approximate surface area is 118 Å². The summed E-state index contributed by atoms with van der Waals surface area (Å²) >= 11 is 1.56. The third kappa shape index (κ3) is 3.11. The number of aryl methyl sites for hydroxylation is 1. The summed E-state index contributed by atoms with van der Waals surface area (Å²) < 4.78 is 37.7. The van der Waals surface area contributed by atoms with E-state index in [0.717, 1.165) is 23.3 Å². The van der Waals surface area contributed by atoms with Gasteiger partial charge in [0.05, 0.1) is 16.8 Å². The average Bonchev–Trinajstić information content (AvgIpc) is 2.80. The van der Waals surface area contributed by atoms with Crippen molar-refractivity contribution in [2.45, 2.75) is 19.6 Å². The van der Waals surface area contributed by atoms with Crippen LogP contribution in [0, 0.1) is 18.3 Å². The molecule has 0 aliphatic heterocycles. The summed E-state index contributed by atoms with van der Waals surface area (Å²) in [6, 6.07) is 4.93. The number of thiophene rings is 1. The first kappa shape index (κ1) is 14.4. The molecular formula is C14H11F3N2S. The number of hydrogen-bond acceptors (Lipinski definition) is 3. The number of benzene rings is 1. The molecule has 1 aromatic carbocycles. The second-order valence-electron chi connectivity index (χ2n) is 4.30. The van der Waals surface area contributed by atoms with Gasteiger partial charge < -0.3 is 5.32 Å². The van der Waals surface area contributed by atoms with E-state index in [-0.39, 0.29) is 5.56 Å². The van der Waals surface area contributed by atoms with Crippen molar-refractivity contribution in [1.82, 2.24) is 0 Å². The summed E-state index contributed by atoms with van der Waals surface area (Å²) in [7, 11) is 0. The smallest absolute Gasteiger partial charge is 0.380 e. The van der Waals surface area contributed by atoms with Crippen molar-refractivity contribution in [3.8, 4) is 6.07 Å². The second kappa shape index (κ2) is 5.55. The number of rotatable bonds is 3. The van der Waals surface area contributed by atoms with Crippen LogP contribution in [0.2, 0.25) is 0 Å². The average molecular weight is 296 g/mol. The van der Waals surface area contributed by atoms with Gasteiger partial charge >= 0.3 is 6.18 Å². The molecule has 0 atom stereocenters. The quantitative estimate of drug-likeness (QED) is 0.901. The summed E-state index contributed by atoms with van der Waals surface area (Å²) in [6.45, 7) is 2.45. The Balaban J connectivity index is 2.21. The van der Waals surface area contributed by atoms with E-state index in [9.17, 15) is 13.2 Å². The molecule has 2 rings (SSSR count). The van der Waals surface area contributed by atoms with E-state index in [4.69, 9.17) is 5.26 Å². The Morgan fingerprint density at radius 1 is 1.30 bits per heavy atom. The molecule has 0 bridgehead atoms. The number of hydrogen-bond donors (Lipinski definition) is 1. The van der Waals surface area contributed by atoms with Crippen LogP contribution in [0.4, 0.5) is 18.9 Å². The molecule has 104 valence electrons. The van der Waals surface area contributed by atoms with Gasteiger partial charge in [-0.3, -0.25) is 0 Å². The van der Waals surface area contributed by atoms with Crippen molar-refractivity contribution in [3.63, 3.8) is 0 Å². The van der Waals surface area contributed by atoms with E-state index in [1.54, 1.807) is 17.4 Å². The molecule has 0 fully saturated rings. The van der Waals surface area contributed by atoms with E-state index in [2.05, 4.69) is 5.32 Å². The molecule has 0 aliphatic carbocycles. The van der Waals surface area contributed by atoms with E-state index in [0.29, 0.717) is 12.2 Å². The minimum atomic E-state index is -4.44. The molecule has 2 nitrogen and oxygen atoms in total. The highest BCUT2D eigenvalue weighted by molar-refractivity contribution is 7.08. The fourth-order valence-electron chi connectivity index (χ4n) is 1.73. The van der Waals surface area contributed by atoms with Gasteiger partial charge in [0, 0.05) is 6.54 Å². The van der Waals surface area contributed by atoms with Crippen LogP contribution < -0.4 is 5.32 Å². The lowest BCUT2D eigenvalue weighted by Crippen LogP contribution is -2.07. The number of halogens is 3. The number of nitriles is 1. The maximum Gasteiger partial charge on any atom is 0.416 e. The molecule has 1 heterocycles. The number of anilines is 1. The zero-order valence-corrected chi connectivity index (χ0v) is 11.4. The number of nitrogens with one attached hydrogen (secondary N) is 1. The third-order valence-electron chi connectivity index (χ3n) is 2.90. The second-order valence-corrected chi connectivity index (χ2v) is 5.05. The maximum absolute atomic E-state index is 12.6. The number of nitrogens with zero attached hydrogens (tertiary/aromatic N) is 1. The summed E-state index contributed by atoms with van der Waals surface area (Å²) in [4.78, 5) is 0. The Hall–Kier alpha value is -2.00. The first-order valence-corrected chi connectivity index (χ1v) is 6.73. The monoisotopic (exact) mass is 296 g/mol. The largest absolute Gasteiger partial charge is 0.416 e. The molecule has 2 aromatic rings. The molecule has 20 heavy (non-hydrogen) atoms. The van der Waals surface area contributed by atoms with Gasteiger partial charge in [0.25, 0.3) is 0 Å². The molecule has 0 amide bonds. The Bertz CT molecular complexity index is 653. The topological polar surface area (TPSA) is 35.8 Å². The van der Waals surface area contributed by atoms with Crippen LogP contribution in [-0.2, 0) is 12.7 Å². The van der Waals surface area contributed by atoms with Crippen molar-refractivity contribution < 1.29 is 13.2 Å². The highest BCUT2D eigenvalue weighted by atomic mass is 32.1. The van der Waals surface area contributed by atoms with Gasteiger partial charge in [0.15, 0.2) is 0 Å². The van der Waals surface area contributed by atoms with Gasteiger partial charge in [-0.2, -0.15) is 29.8 Å². The first-order valence-electron chi connectivity index (χ1n) is 5.78. The van der Waals surface area contributed by atoms with Crippen molar-refractivity contribution in [2.75, 3.05) is 5.32 Å². The summed E-state index contributed by atoms with van der Waals surface area (Å²) in [5.74, 6) is 0. The van der Waals surface area contributed by atoms with Gasteiger partial charge in [-0.25, -0.2) is 0 Å². The zero-order valence-electron chi connectivity index (χ0n) is 10.6. The predicted octanol–water partition coefficient (Wildman–Crippen LogP) is 4.56. The van der Waals surface area contributed by atoms with Crippen LogP contribution in [0.5, 0.6) is 0 Å². The zero-order chi connectivity index (χ0) is 14.8. The molecule has 0 saturated heterocycles. The van der Waals surface area contributed by atoms with Crippen molar-refractivity contribution in [3.05, 3.63) is 51.2 Å². The van der Waals surface area contributed by atoms with Crippen LogP contribution in [0.1, 0.15) is 22.3 Å². The highest BCUT2D eigenvalue weighted by Crippen LogP contribution is 2.31. The standard InChI is InChI=1S/C14H11F3N2S/c1-9-7-20-8-11(9)6-19-13-3-2-12(14(15,16)17)4-10(13)5-18/h2-4,7-8,19H,6H2,1H3. The Morgan fingerprint density at radius 2 is 2.05 bits per heavy atom. The molecule has 0 radical (unpaired) electrons. The third-order valence-corrected chi connectivity index (χ3v) is 3.81. The molecule has 0 spiro atoms. The van der Waals surface area contributed by atoms with Crippen LogP contribution >= 0.6 is 11.3 Å². The fourth-order valence-corrected chi connectivity index (χ4v) is 2.58. The maximum atomic E-state index is 12.6. The van der Waals surface area contributed by atoms with Gasteiger partial charge in [0.2, 0.25) is 0 Å². The van der Waals surface area contributed by atoms with E-state index in [1.807, 2.05) is 17.7 Å². The lowest BCUT2D eigenvalue weighted by molar-refractivity contribution is -0.137. The van der Waals surface area contributed by atoms with Gasteiger partial charge in [-0.1, -0.05) is 0 Å². The van der Waals surface area contributed by atoms with E-state index in [1.165, 1.54) is 6.07 Å². The van der Waals surface area contributed by atoms with Crippen molar-refractivity contribution in [1.29, 1.82) is 5.26 Å². The molecule has 1 aromatic heterocycles. The van der Waals surface area contributed by atoms with Gasteiger partial charge in [-0.05, 0) is 47.0 Å². The van der Waals surface area contributed by atoms with E-state index < -0.39 is 11.7 Å². The van der Waals surface area contributed by atoms with Crippen LogP contribution in [-0.4, -0.2) is 0 Å². The number of alkyl halides is 3. The van der Waals surface area contributed by atoms with Crippen molar-refractivity contribution in [2.24, 2.45) is 0 Å². The van der Waals surface area contributed by atoms with Gasteiger partial charge in [-0.15, -0.1) is 0 Å². The Morgan fingerprint density at radius 3 is 2.60 bits per heavy atom. The minimum absolute atomic E-state index is 0.00675. The lowest BCUT2D eigenvalue weighted by Gasteiger charge is -2.11. The molecule has 0 aliphatic rings. The minimum Gasteiger partial charge on any atom is -0.380 e. The fraction of sp³-hybridized carbons (Fsp3) is 0.214. The molecule has 6 heteroatoms. The van der Waals surface area contributed by atoms with Crippen LogP contribution in [0.25, 0.3) is 0 Å². The normalized spacial score (nSPS) is 11.2. The van der Waals surface area contributed by atoms with E-state index >= 15 is 0 Å². The SMILES string of the molecule is Cc1cscc1CNc1ccc(C(F)(F)F)cc1C#N. The van der Waals surface area contributed by atoms with Gasteiger partial charge in [0.1, 0.15) is 6.07 Å². The molecular weight excluding hydrogens is 285 g/mol.